The van der Waals surface area contributed by atoms with E-state index in [1.165, 1.54) is 4.90 Å². The fourth-order valence-corrected chi connectivity index (χ4v) is 3.50. The Kier molecular flexibility index (Phi) is 5.41. The molecule has 0 aliphatic carbocycles. The van der Waals surface area contributed by atoms with Gasteiger partial charge >= 0.3 is 0 Å². The molecule has 0 radical (unpaired) electrons. The van der Waals surface area contributed by atoms with Gasteiger partial charge in [-0.25, -0.2) is 4.98 Å². The minimum Gasteiger partial charge on any atom is -0.441 e. The van der Waals surface area contributed by atoms with Gasteiger partial charge in [-0.05, 0) is 62.7 Å². The van der Waals surface area contributed by atoms with E-state index in [1.54, 1.807) is 11.8 Å². The standard InChI is InChI=1S/C18H24N2O2S/c1-13-17(11-20-9-3-4-14(10-20)12-21)19-18(22-13)15-5-7-16(23-2)8-6-15/h5-8,14,21H,3-4,9-12H2,1-2H3/t14-/m0/s1. The molecule has 1 fully saturated rings. The molecule has 1 saturated heterocycles. The summed E-state index contributed by atoms with van der Waals surface area (Å²) >= 11 is 1.73. The minimum atomic E-state index is 0.279. The van der Waals surface area contributed by atoms with Crippen molar-refractivity contribution < 1.29 is 9.52 Å². The Morgan fingerprint density at radius 2 is 2.13 bits per heavy atom. The molecule has 1 aliphatic heterocycles. The molecule has 0 saturated carbocycles. The number of aliphatic hydroxyl groups excluding tert-OH is 1. The molecule has 1 N–H and O–H groups in total. The van der Waals surface area contributed by atoms with Crippen LogP contribution in [0, 0.1) is 12.8 Å². The van der Waals surface area contributed by atoms with Gasteiger partial charge in [-0.3, -0.25) is 4.90 Å². The van der Waals surface area contributed by atoms with Crippen molar-refractivity contribution in [2.45, 2.75) is 31.2 Å². The lowest BCUT2D eigenvalue weighted by Gasteiger charge is -2.31. The van der Waals surface area contributed by atoms with Crippen LogP contribution in [0.3, 0.4) is 0 Å². The van der Waals surface area contributed by atoms with E-state index >= 15 is 0 Å². The number of oxazole rings is 1. The third-order valence-corrected chi connectivity index (χ3v) is 5.21. The SMILES string of the molecule is CSc1ccc(-c2nc(CN3CCC[C@H](CO)C3)c(C)o2)cc1. The summed E-state index contributed by atoms with van der Waals surface area (Å²) in [7, 11) is 0. The fourth-order valence-electron chi connectivity index (χ4n) is 3.09. The summed E-state index contributed by atoms with van der Waals surface area (Å²) in [5.41, 5.74) is 2.02. The van der Waals surface area contributed by atoms with Crippen LogP contribution in [-0.4, -0.2) is 40.9 Å². The molecule has 1 aromatic carbocycles. The predicted molar refractivity (Wildman–Crippen MR) is 93.5 cm³/mol. The summed E-state index contributed by atoms with van der Waals surface area (Å²) in [6, 6.07) is 8.30. The smallest absolute Gasteiger partial charge is 0.226 e. The highest BCUT2D eigenvalue weighted by molar-refractivity contribution is 7.98. The third-order valence-electron chi connectivity index (χ3n) is 4.46. The van der Waals surface area contributed by atoms with Crippen LogP contribution in [0.15, 0.2) is 33.6 Å². The van der Waals surface area contributed by atoms with Gasteiger partial charge in [-0.2, -0.15) is 0 Å². The highest BCUT2D eigenvalue weighted by atomic mass is 32.2. The van der Waals surface area contributed by atoms with Gasteiger partial charge in [0.2, 0.25) is 5.89 Å². The van der Waals surface area contributed by atoms with Gasteiger partial charge in [0.15, 0.2) is 0 Å². The molecule has 0 bridgehead atoms. The molecule has 5 heteroatoms. The number of nitrogens with zero attached hydrogens (tertiary/aromatic N) is 2. The highest BCUT2D eigenvalue weighted by Gasteiger charge is 2.21. The van der Waals surface area contributed by atoms with Gasteiger partial charge in [0.25, 0.3) is 0 Å². The number of thioether (sulfide) groups is 1. The van der Waals surface area contributed by atoms with Gasteiger partial charge in [-0.1, -0.05) is 0 Å². The number of likely N-dealkylation sites (tertiary alicyclic amines) is 1. The lowest BCUT2D eigenvalue weighted by Crippen LogP contribution is -2.36. The molecule has 3 rings (SSSR count). The average Bonchev–Trinajstić information content (AvgIpc) is 2.96. The number of aliphatic hydroxyl groups is 1. The van der Waals surface area contributed by atoms with E-state index in [4.69, 9.17) is 9.40 Å². The zero-order chi connectivity index (χ0) is 16.2. The molecule has 23 heavy (non-hydrogen) atoms. The highest BCUT2D eigenvalue weighted by Crippen LogP contribution is 2.26. The second kappa shape index (κ2) is 7.51. The number of rotatable bonds is 5. The Hall–Kier alpha value is -1.30. The number of aryl methyl sites for hydroxylation is 1. The number of benzene rings is 1. The first-order valence-electron chi connectivity index (χ1n) is 8.13. The fraction of sp³-hybridized carbons (Fsp3) is 0.500. The quantitative estimate of drug-likeness (QED) is 0.848. The molecule has 1 aromatic heterocycles. The van der Waals surface area contributed by atoms with Gasteiger partial charge in [0.1, 0.15) is 5.76 Å². The second-order valence-electron chi connectivity index (χ2n) is 6.18. The molecule has 1 aliphatic rings. The Bertz CT molecular complexity index is 639. The zero-order valence-electron chi connectivity index (χ0n) is 13.8. The summed E-state index contributed by atoms with van der Waals surface area (Å²) < 4.78 is 5.87. The van der Waals surface area contributed by atoms with E-state index in [-0.39, 0.29) is 6.61 Å². The summed E-state index contributed by atoms with van der Waals surface area (Å²) in [6.07, 6.45) is 4.34. The van der Waals surface area contributed by atoms with Gasteiger partial charge in [0.05, 0.1) is 5.69 Å². The Morgan fingerprint density at radius 3 is 2.83 bits per heavy atom. The van der Waals surface area contributed by atoms with E-state index in [0.717, 1.165) is 49.5 Å². The maximum atomic E-state index is 9.36. The monoisotopic (exact) mass is 332 g/mol. The molecule has 0 amide bonds. The number of piperidine rings is 1. The summed E-state index contributed by atoms with van der Waals surface area (Å²) in [4.78, 5) is 8.31. The maximum Gasteiger partial charge on any atom is 0.226 e. The molecule has 2 heterocycles. The molecular weight excluding hydrogens is 308 g/mol. The van der Waals surface area contributed by atoms with Crippen molar-refractivity contribution >= 4 is 11.8 Å². The van der Waals surface area contributed by atoms with Crippen molar-refractivity contribution in [2.24, 2.45) is 5.92 Å². The van der Waals surface area contributed by atoms with Crippen LogP contribution < -0.4 is 0 Å². The van der Waals surface area contributed by atoms with Gasteiger partial charge < -0.3 is 9.52 Å². The van der Waals surface area contributed by atoms with Gasteiger partial charge in [-0.15, -0.1) is 11.8 Å². The largest absolute Gasteiger partial charge is 0.441 e. The van der Waals surface area contributed by atoms with Crippen LogP contribution >= 0.6 is 11.8 Å². The van der Waals surface area contributed by atoms with Crippen LogP contribution in [0.25, 0.3) is 11.5 Å². The zero-order valence-corrected chi connectivity index (χ0v) is 14.6. The summed E-state index contributed by atoms with van der Waals surface area (Å²) in [6.45, 7) is 5.08. The normalized spacial score (nSPS) is 19.2. The predicted octanol–water partition coefficient (Wildman–Crippen LogP) is 3.58. The number of hydrogen-bond acceptors (Lipinski definition) is 5. The van der Waals surface area contributed by atoms with E-state index < -0.39 is 0 Å². The van der Waals surface area contributed by atoms with Gasteiger partial charge in [0, 0.05) is 30.2 Å². The van der Waals surface area contributed by atoms with Crippen molar-refractivity contribution in [3.63, 3.8) is 0 Å². The lowest BCUT2D eigenvalue weighted by molar-refractivity contribution is 0.115. The Labute approximate surface area is 141 Å². The van der Waals surface area contributed by atoms with Crippen molar-refractivity contribution in [1.82, 2.24) is 9.88 Å². The summed E-state index contributed by atoms with van der Waals surface area (Å²) in [5.74, 6) is 1.98. The Morgan fingerprint density at radius 1 is 1.35 bits per heavy atom. The maximum absolute atomic E-state index is 9.36. The number of hydrogen-bond donors (Lipinski definition) is 1. The summed E-state index contributed by atoms with van der Waals surface area (Å²) in [5, 5.41) is 9.36. The lowest BCUT2D eigenvalue weighted by atomic mass is 9.99. The minimum absolute atomic E-state index is 0.279. The second-order valence-corrected chi connectivity index (χ2v) is 7.06. The van der Waals surface area contributed by atoms with E-state index in [0.29, 0.717) is 11.8 Å². The van der Waals surface area contributed by atoms with Crippen LogP contribution in [0.2, 0.25) is 0 Å². The van der Waals surface area contributed by atoms with Crippen LogP contribution in [0.4, 0.5) is 0 Å². The topological polar surface area (TPSA) is 49.5 Å². The average molecular weight is 332 g/mol. The van der Waals surface area contributed by atoms with Crippen LogP contribution in [0.1, 0.15) is 24.3 Å². The van der Waals surface area contributed by atoms with Crippen molar-refractivity contribution in [3.8, 4) is 11.5 Å². The first-order valence-corrected chi connectivity index (χ1v) is 9.36. The molecule has 0 spiro atoms. The first-order chi connectivity index (χ1) is 11.2. The Balaban J connectivity index is 1.72. The van der Waals surface area contributed by atoms with E-state index in [1.807, 2.05) is 6.92 Å². The molecule has 2 aromatic rings. The van der Waals surface area contributed by atoms with Crippen molar-refractivity contribution in [2.75, 3.05) is 26.0 Å². The van der Waals surface area contributed by atoms with E-state index in [2.05, 4.69) is 35.4 Å². The van der Waals surface area contributed by atoms with E-state index in [9.17, 15) is 5.11 Å². The van der Waals surface area contributed by atoms with Crippen molar-refractivity contribution in [3.05, 3.63) is 35.7 Å². The van der Waals surface area contributed by atoms with Crippen LogP contribution in [-0.2, 0) is 6.54 Å². The van der Waals surface area contributed by atoms with Crippen molar-refractivity contribution in [1.29, 1.82) is 0 Å². The first kappa shape index (κ1) is 16.6. The molecular formula is C18H24N2O2S. The molecule has 124 valence electrons. The molecule has 0 unspecified atom stereocenters. The number of aromatic nitrogens is 1. The van der Waals surface area contributed by atoms with Crippen LogP contribution in [0.5, 0.6) is 0 Å². The third kappa shape index (κ3) is 3.97. The molecule has 4 nitrogen and oxygen atoms in total. The molecule has 1 atom stereocenters.